The maximum atomic E-state index is 5.97. The maximum absolute atomic E-state index is 5.97. The van der Waals surface area contributed by atoms with Crippen LogP contribution in [0.15, 0.2) is 24.5 Å². The summed E-state index contributed by atoms with van der Waals surface area (Å²) in [6, 6.07) is 4.36. The zero-order valence-corrected chi connectivity index (χ0v) is 15.2. The van der Waals surface area contributed by atoms with Crippen molar-refractivity contribution in [3.8, 4) is 11.4 Å². The van der Waals surface area contributed by atoms with Gasteiger partial charge < -0.3 is 10.1 Å². The fourth-order valence-corrected chi connectivity index (χ4v) is 4.21. The molecule has 1 spiro atoms. The number of pyridine rings is 1. The maximum Gasteiger partial charge on any atom is 0.161 e. The molecule has 1 N–H and O–H groups in total. The molecular weight excluding hydrogens is 312 g/mol. The van der Waals surface area contributed by atoms with Crippen molar-refractivity contribution < 1.29 is 4.74 Å². The van der Waals surface area contributed by atoms with Gasteiger partial charge in [0, 0.05) is 47.3 Å². The van der Waals surface area contributed by atoms with Gasteiger partial charge in [-0.25, -0.2) is 9.97 Å². The second-order valence-corrected chi connectivity index (χ2v) is 7.31. The molecule has 2 aliphatic rings. The van der Waals surface area contributed by atoms with Gasteiger partial charge in [0.25, 0.3) is 0 Å². The van der Waals surface area contributed by atoms with Crippen LogP contribution in [-0.4, -0.2) is 33.7 Å². The van der Waals surface area contributed by atoms with E-state index in [1.54, 1.807) is 12.4 Å². The van der Waals surface area contributed by atoms with Crippen LogP contribution in [0.1, 0.15) is 43.9 Å². The van der Waals surface area contributed by atoms with Crippen molar-refractivity contribution in [3.05, 3.63) is 35.8 Å². The Morgan fingerprint density at radius 3 is 2.60 bits per heavy atom. The van der Waals surface area contributed by atoms with Gasteiger partial charge in [0.15, 0.2) is 5.82 Å². The summed E-state index contributed by atoms with van der Waals surface area (Å²) in [5.41, 5.74) is 3.47. The Morgan fingerprint density at radius 1 is 1.20 bits per heavy atom. The first-order chi connectivity index (χ1) is 12.1. The first kappa shape index (κ1) is 16.5. The molecule has 5 nitrogen and oxygen atoms in total. The van der Waals surface area contributed by atoms with E-state index in [2.05, 4.69) is 36.1 Å². The Kier molecular flexibility index (Phi) is 4.20. The number of aryl methyl sites for hydroxylation is 1. The van der Waals surface area contributed by atoms with Crippen LogP contribution in [0.4, 0.5) is 5.82 Å². The summed E-state index contributed by atoms with van der Waals surface area (Å²) >= 11 is 0. The fraction of sp³-hybridized carbons (Fsp3) is 0.550. The average Bonchev–Trinajstić information content (AvgIpc) is 2.56. The molecule has 0 amide bonds. The third-order valence-corrected chi connectivity index (χ3v) is 6.08. The molecule has 2 saturated carbocycles. The largest absolute Gasteiger partial charge is 0.378 e. The lowest BCUT2D eigenvalue weighted by molar-refractivity contribution is -0.157. The molecule has 0 saturated heterocycles. The van der Waals surface area contributed by atoms with Crippen LogP contribution in [0.5, 0.6) is 0 Å². The van der Waals surface area contributed by atoms with Crippen LogP contribution in [0, 0.1) is 19.3 Å². The molecule has 2 heterocycles. The summed E-state index contributed by atoms with van der Waals surface area (Å²) in [6.45, 7) is 7.04. The van der Waals surface area contributed by atoms with Crippen LogP contribution in [0.2, 0.25) is 0 Å². The number of anilines is 1. The topological polar surface area (TPSA) is 59.9 Å². The molecule has 2 fully saturated rings. The number of aromatic nitrogens is 3. The van der Waals surface area contributed by atoms with E-state index in [0.29, 0.717) is 17.6 Å². The third kappa shape index (κ3) is 2.71. The van der Waals surface area contributed by atoms with Crippen LogP contribution < -0.4 is 5.32 Å². The van der Waals surface area contributed by atoms with Crippen molar-refractivity contribution in [2.24, 2.45) is 5.41 Å². The zero-order valence-electron chi connectivity index (χ0n) is 15.2. The van der Waals surface area contributed by atoms with Gasteiger partial charge in [-0.1, -0.05) is 6.42 Å². The van der Waals surface area contributed by atoms with Gasteiger partial charge in [0.05, 0.1) is 6.10 Å². The Morgan fingerprint density at radius 2 is 1.96 bits per heavy atom. The van der Waals surface area contributed by atoms with Gasteiger partial charge in [-0.05, 0) is 52.2 Å². The number of hydrogen-bond acceptors (Lipinski definition) is 5. The highest BCUT2D eigenvalue weighted by Gasteiger charge is 2.59. The highest BCUT2D eigenvalue weighted by atomic mass is 16.5. The molecule has 2 unspecified atom stereocenters. The Bertz CT molecular complexity index is 758. The molecule has 2 aliphatic carbocycles. The van der Waals surface area contributed by atoms with Gasteiger partial charge in [-0.2, -0.15) is 0 Å². The summed E-state index contributed by atoms with van der Waals surface area (Å²) in [7, 11) is 0. The van der Waals surface area contributed by atoms with Gasteiger partial charge >= 0.3 is 0 Å². The lowest BCUT2D eigenvalue weighted by atomic mass is 9.51. The number of nitrogens with zero attached hydrogens (tertiary/aromatic N) is 3. The molecule has 132 valence electrons. The van der Waals surface area contributed by atoms with E-state index in [0.717, 1.165) is 41.5 Å². The van der Waals surface area contributed by atoms with Gasteiger partial charge in [-0.15, -0.1) is 0 Å². The molecule has 5 heteroatoms. The van der Waals surface area contributed by atoms with E-state index in [4.69, 9.17) is 9.72 Å². The first-order valence-electron chi connectivity index (χ1n) is 9.28. The van der Waals surface area contributed by atoms with Crippen molar-refractivity contribution >= 4 is 5.82 Å². The second-order valence-electron chi connectivity index (χ2n) is 7.31. The lowest BCUT2D eigenvalue weighted by Crippen LogP contribution is -2.64. The minimum atomic E-state index is 0.318. The highest BCUT2D eigenvalue weighted by molar-refractivity contribution is 5.59. The van der Waals surface area contributed by atoms with Crippen molar-refractivity contribution in [2.75, 3.05) is 11.9 Å². The predicted molar refractivity (Wildman–Crippen MR) is 98.5 cm³/mol. The molecule has 0 radical (unpaired) electrons. The van der Waals surface area contributed by atoms with Crippen molar-refractivity contribution in [2.45, 2.75) is 58.6 Å². The summed E-state index contributed by atoms with van der Waals surface area (Å²) in [4.78, 5) is 13.6. The van der Waals surface area contributed by atoms with Crippen molar-refractivity contribution in [3.63, 3.8) is 0 Å². The van der Waals surface area contributed by atoms with Crippen molar-refractivity contribution in [1.82, 2.24) is 15.0 Å². The van der Waals surface area contributed by atoms with E-state index in [1.807, 2.05) is 12.1 Å². The summed E-state index contributed by atoms with van der Waals surface area (Å²) < 4.78 is 5.97. The predicted octanol–water partition coefficient (Wildman–Crippen LogP) is 3.92. The standard InChI is InChI=1S/C20H26N4O/c1-4-25-17-12-16(20(17)8-5-9-20)23-18-13(2)14(3)22-19(24-18)15-6-10-21-11-7-15/h6-7,10-11,16-17H,4-5,8-9,12H2,1-3H3,(H,22,23,24). The summed E-state index contributed by atoms with van der Waals surface area (Å²) in [6.07, 6.45) is 8.87. The quantitative estimate of drug-likeness (QED) is 0.895. The van der Waals surface area contributed by atoms with Crippen LogP contribution in [0.3, 0.4) is 0 Å². The van der Waals surface area contributed by atoms with Gasteiger partial charge in [-0.3, -0.25) is 4.98 Å². The fourth-order valence-electron chi connectivity index (χ4n) is 4.21. The smallest absolute Gasteiger partial charge is 0.161 e. The second kappa shape index (κ2) is 6.37. The first-order valence-corrected chi connectivity index (χ1v) is 9.28. The number of nitrogens with one attached hydrogen (secondary N) is 1. The van der Waals surface area contributed by atoms with Crippen molar-refractivity contribution in [1.29, 1.82) is 0 Å². The molecule has 2 aromatic rings. The monoisotopic (exact) mass is 338 g/mol. The van der Waals surface area contributed by atoms with Gasteiger partial charge in [0.1, 0.15) is 5.82 Å². The van der Waals surface area contributed by atoms with E-state index < -0.39 is 0 Å². The molecule has 0 aliphatic heterocycles. The van der Waals surface area contributed by atoms with Crippen LogP contribution in [0.25, 0.3) is 11.4 Å². The SMILES string of the molecule is CCOC1CC(Nc2nc(-c3ccncc3)nc(C)c2C)C12CCC2. The molecular formula is C20H26N4O. The molecule has 0 bridgehead atoms. The molecule has 4 rings (SSSR count). The minimum Gasteiger partial charge on any atom is -0.378 e. The molecule has 2 aromatic heterocycles. The van der Waals surface area contributed by atoms with Gasteiger partial charge in [0.2, 0.25) is 0 Å². The number of ether oxygens (including phenoxy) is 1. The van der Waals surface area contributed by atoms with E-state index >= 15 is 0 Å². The minimum absolute atomic E-state index is 0.318. The Balaban J connectivity index is 1.60. The Hall–Kier alpha value is -2.01. The zero-order chi connectivity index (χ0) is 17.4. The van der Waals surface area contributed by atoms with Crippen LogP contribution in [-0.2, 0) is 4.74 Å². The normalized spacial score (nSPS) is 23.8. The van der Waals surface area contributed by atoms with Crippen LogP contribution >= 0.6 is 0 Å². The van der Waals surface area contributed by atoms with E-state index in [1.165, 1.54) is 19.3 Å². The number of rotatable bonds is 5. The molecule has 0 aromatic carbocycles. The molecule has 25 heavy (non-hydrogen) atoms. The lowest BCUT2D eigenvalue weighted by Gasteiger charge is -2.61. The summed E-state index contributed by atoms with van der Waals surface area (Å²) in [5.74, 6) is 1.72. The number of hydrogen-bond donors (Lipinski definition) is 1. The van der Waals surface area contributed by atoms with E-state index in [-0.39, 0.29) is 0 Å². The molecule has 2 atom stereocenters. The van der Waals surface area contributed by atoms with E-state index in [9.17, 15) is 0 Å². The highest BCUT2D eigenvalue weighted by Crippen LogP contribution is 2.58. The summed E-state index contributed by atoms with van der Waals surface area (Å²) in [5, 5.41) is 3.73. The Labute approximate surface area is 149 Å². The third-order valence-electron chi connectivity index (χ3n) is 6.08. The average molecular weight is 338 g/mol.